The number of rotatable bonds is 9. The first-order valence-corrected chi connectivity index (χ1v) is 11.7. The smallest absolute Gasteiger partial charge is 0.404 e. The van der Waals surface area contributed by atoms with Gasteiger partial charge in [0.2, 0.25) is 5.91 Å². The number of methoxy groups -OCH3 is 1. The van der Waals surface area contributed by atoms with Crippen LogP contribution >= 0.6 is 0 Å². The number of nitrogens with zero attached hydrogens (tertiary/aromatic N) is 2. The van der Waals surface area contributed by atoms with Crippen molar-refractivity contribution < 1.29 is 24.2 Å². The molecule has 35 heavy (non-hydrogen) atoms. The van der Waals surface area contributed by atoms with Gasteiger partial charge >= 0.3 is 12.1 Å². The third-order valence-corrected chi connectivity index (χ3v) is 6.06. The van der Waals surface area contributed by atoms with E-state index in [0.29, 0.717) is 19.5 Å². The molecule has 1 atom stereocenters. The average molecular weight is 483 g/mol. The van der Waals surface area contributed by atoms with Crippen LogP contribution in [-0.4, -0.2) is 59.8 Å². The average Bonchev–Trinajstić information content (AvgIpc) is 3.12. The minimum atomic E-state index is -1.20. The van der Waals surface area contributed by atoms with Gasteiger partial charge in [0.1, 0.15) is 5.75 Å². The lowest BCUT2D eigenvalue weighted by Gasteiger charge is -2.25. The number of hydrogen-bond donors (Lipinski definition) is 3. The second-order valence-corrected chi connectivity index (χ2v) is 9.59. The van der Waals surface area contributed by atoms with E-state index in [2.05, 4.69) is 43.6 Å². The summed E-state index contributed by atoms with van der Waals surface area (Å²) >= 11 is 0. The van der Waals surface area contributed by atoms with Gasteiger partial charge < -0.3 is 20.1 Å². The molecule has 2 aromatic rings. The molecule has 1 heterocycles. The molecule has 9 nitrogen and oxygen atoms in total. The Hall–Kier alpha value is -3.75. The first-order valence-electron chi connectivity index (χ1n) is 11.7. The van der Waals surface area contributed by atoms with Crippen molar-refractivity contribution in [2.75, 3.05) is 26.7 Å². The summed E-state index contributed by atoms with van der Waals surface area (Å²) in [5, 5.41) is 12.2. The van der Waals surface area contributed by atoms with E-state index in [1.807, 2.05) is 36.4 Å². The minimum absolute atomic E-state index is 0.0159. The second kappa shape index (κ2) is 11.1. The Bertz CT molecular complexity index is 1030. The van der Waals surface area contributed by atoms with E-state index >= 15 is 0 Å². The molecule has 4 amide bonds. The van der Waals surface area contributed by atoms with Crippen molar-refractivity contribution in [3.8, 4) is 5.75 Å². The van der Waals surface area contributed by atoms with Crippen molar-refractivity contribution in [3.63, 3.8) is 0 Å². The zero-order valence-corrected chi connectivity index (χ0v) is 20.7. The highest BCUT2D eigenvalue weighted by molar-refractivity contribution is 5.83. The first kappa shape index (κ1) is 25.9. The number of carboxylic acid groups (broad SMARTS) is 1. The topological polar surface area (TPSA) is 111 Å². The van der Waals surface area contributed by atoms with Crippen LogP contribution < -0.4 is 15.5 Å². The summed E-state index contributed by atoms with van der Waals surface area (Å²) in [5.74, 6) is 0.347. The molecule has 1 unspecified atom stereocenters. The van der Waals surface area contributed by atoms with Gasteiger partial charge in [-0.2, -0.15) is 0 Å². The highest BCUT2D eigenvalue weighted by Crippen LogP contribution is 2.31. The normalized spacial score (nSPS) is 15.8. The molecule has 1 aliphatic heterocycles. The van der Waals surface area contributed by atoms with E-state index in [-0.39, 0.29) is 30.5 Å². The van der Waals surface area contributed by atoms with Crippen molar-refractivity contribution in [3.05, 3.63) is 65.2 Å². The predicted molar refractivity (Wildman–Crippen MR) is 132 cm³/mol. The lowest BCUT2D eigenvalue weighted by Crippen LogP contribution is -2.45. The van der Waals surface area contributed by atoms with Crippen molar-refractivity contribution in [1.29, 1.82) is 0 Å². The summed E-state index contributed by atoms with van der Waals surface area (Å²) in [7, 11) is 1.62. The van der Waals surface area contributed by atoms with Crippen LogP contribution in [0, 0.1) is 0 Å². The molecule has 0 radical (unpaired) electrons. The fourth-order valence-corrected chi connectivity index (χ4v) is 4.00. The number of benzene rings is 2. The Morgan fingerprint density at radius 3 is 2.31 bits per heavy atom. The van der Waals surface area contributed by atoms with Crippen molar-refractivity contribution in [2.24, 2.45) is 0 Å². The predicted octanol–water partition coefficient (Wildman–Crippen LogP) is 3.70. The number of hydrogen-bond acceptors (Lipinski definition) is 4. The molecule has 9 heteroatoms. The second-order valence-electron chi connectivity index (χ2n) is 9.59. The molecule has 0 bridgehead atoms. The van der Waals surface area contributed by atoms with Crippen molar-refractivity contribution in [2.45, 2.75) is 45.1 Å². The van der Waals surface area contributed by atoms with E-state index in [0.717, 1.165) is 16.9 Å². The SMILES string of the molecule is COc1ccc(CCN2C(=O)N(NC(=O)CCNC(=O)O)CC2c2ccc(C(C)(C)C)cc2)cc1. The molecule has 0 saturated carbocycles. The summed E-state index contributed by atoms with van der Waals surface area (Å²) < 4.78 is 5.22. The number of ether oxygens (including phenoxy) is 1. The summed E-state index contributed by atoms with van der Waals surface area (Å²) in [4.78, 5) is 37.9. The molecule has 2 aromatic carbocycles. The van der Waals surface area contributed by atoms with Gasteiger partial charge in [-0.3, -0.25) is 10.2 Å². The zero-order valence-electron chi connectivity index (χ0n) is 20.7. The maximum Gasteiger partial charge on any atom is 0.404 e. The van der Waals surface area contributed by atoms with Gasteiger partial charge in [0.05, 0.1) is 19.7 Å². The molecule has 0 aromatic heterocycles. The molecule has 1 aliphatic rings. The maximum absolute atomic E-state index is 13.3. The summed E-state index contributed by atoms with van der Waals surface area (Å²) in [6.07, 6.45) is -0.609. The van der Waals surface area contributed by atoms with Gasteiger partial charge in [-0.15, -0.1) is 0 Å². The zero-order chi connectivity index (χ0) is 25.6. The van der Waals surface area contributed by atoms with E-state index in [1.165, 1.54) is 10.6 Å². The monoisotopic (exact) mass is 482 g/mol. The summed E-state index contributed by atoms with van der Waals surface area (Å²) in [6.45, 7) is 7.20. The minimum Gasteiger partial charge on any atom is -0.497 e. The van der Waals surface area contributed by atoms with E-state index < -0.39 is 12.0 Å². The summed E-state index contributed by atoms with van der Waals surface area (Å²) in [6, 6.07) is 15.5. The number of carbonyl (C=O) groups excluding carboxylic acids is 2. The lowest BCUT2D eigenvalue weighted by molar-refractivity contribution is -0.124. The Labute approximate surface area is 206 Å². The largest absolute Gasteiger partial charge is 0.497 e. The van der Waals surface area contributed by atoms with Crippen LogP contribution in [0.5, 0.6) is 5.75 Å². The fraction of sp³-hybridized carbons (Fsp3) is 0.423. The Kier molecular flexibility index (Phi) is 8.22. The molecular weight excluding hydrogens is 448 g/mol. The highest BCUT2D eigenvalue weighted by Gasteiger charge is 2.38. The van der Waals surface area contributed by atoms with Crippen LogP contribution in [0.2, 0.25) is 0 Å². The molecule has 1 fully saturated rings. The van der Waals surface area contributed by atoms with Gasteiger partial charge in [-0.1, -0.05) is 57.2 Å². The van der Waals surface area contributed by atoms with Crippen molar-refractivity contribution >= 4 is 18.0 Å². The number of nitrogens with one attached hydrogen (secondary N) is 2. The van der Waals surface area contributed by atoms with Crippen LogP contribution in [0.1, 0.15) is 49.9 Å². The van der Waals surface area contributed by atoms with Gasteiger partial charge in [-0.25, -0.2) is 14.6 Å². The number of carbonyl (C=O) groups is 3. The van der Waals surface area contributed by atoms with Crippen LogP contribution in [0.4, 0.5) is 9.59 Å². The molecule has 3 N–H and O–H groups in total. The molecule has 0 spiro atoms. The quantitative estimate of drug-likeness (QED) is 0.505. The fourth-order valence-electron chi connectivity index (χ4n) is 4.00. The maximum atomic E-state index is 13.3. The van der Waals surface area contributed by atoms with Crippen LogP contribution in [0.3, 0.4) is 0 Å². The molecular formula is C26H34N4O5. The number of amides is 4. The third-order valence-electron chi connectivity index (χ3n) is 6.06. The summed E-state index contributed by atoms with van der Waals surface area (Å²) in [5.41, 5.74) is 5.91. The van der Waals surface area contributed by atoms with Crippen LogP contribution in [0.15, 0.2) is 48.5 Å². The number of hydrazine groups is 1. The van der Waals surface area contributed by atoms with Gasteiger partial charge in [0.15, 0.2) is 0 Å². The van der Waals surface area contributed by atoms with Gasteiger partial charge in [0, 0.05) is 19.5 Å². The Morgan fingerprint density at radius 2 is 1.74 bits per heavy atom. The molecule has 188 valence electrons. The standard InChI is InChI=1S/C26H34N4O5/c1-26(2,3)20-9-7-19(8-10-20)22-17-30(28-23(31)13-15-27-24(32)33)25(34)29(22)16-14-18-5-11-21(35-4)12-6-18/h5-12,22,27H,13-17H2,1-4H3,(H,28,31)(H,32,33). The van der Waals surface area contributed by atoms with E-state index in [1.54, 1.807) is 12.0 Å². The Morgan fingerprint density at radius 1 is 1.09 bits per heavy atom. The van der Waals surface area contributed by atoms with E-state index in [9.17, 15) is 14.4 Å². The first-order chi connectivity index (χ1) is 16.6. The highest BCUT2D eigenvalue weighted by atomic mass is 16.5. The molecule has 1 saturated heterocycles. The third kappa shape index (κ3) is 6.88. The lowest BCUT2D eigenvalue weighted by atomic mass is 9.86. The number of urea groups is 1. The van der Waals surface area contributed by atoms with Gasteiger partial charge in [0.25, 0.3) is 0 Å². The van der Waals surface area contributed by atoms with E-state index in [4.69, 9.17) is 9.84 Å². The van der Waals surface area contributed by atoms with Crippen LogP contribution in [-0.2, 0) is 16.6 Å². The molecule has 3 rings (SSSR count). The Balaban J connectivity index is 1.75. The van der Waals surface area contributed by atoms with Gasteiger partial charge in [-0.05, 0) is 40.7 Å². The van der Waals surface area contributed by atoms with Crippen LogP contribution in [0.25, 0.3) is 0 Å². The molecule has 0 aliphatic carbocycles. The van der Waals surface area contributed by atoms with Crippen molar-refractivity contribution in [1.82, 2.24) is 20.7 Å².